The van der Waals surface area contributed by atoms with Gasteiger partial charge in [0.2, 0.25) is 0 Å². The molecule has 0 amide bonds. The fraction of sp³-hybridized carbons (Fsp3) is 0.200. The lowest BCUT2D eigenvalue weighted by atomic mass is 10.2. The van der Waals surface area contributed by atoms with Crippen molar-refractivity contribution >= 4 is 21.8 Å². The van der Waals surface area contributed by atoms with Crippen LogP contribution in [-0.2, 0) is 10.0 Å². The highest BCUT2D eigenvalue weighted by Gasteiger charge is 2.39. The fourth-order valence-electron chi connectivity index (χ4n) is 2.18. The van der Waals surface area contributed by atoms with E-state index in [1.165, 1.54) is 28.6 Å². The summed E-state index contributed by atoms with van der Waals surface area (Å²) in [7, 11) is -3.76. The summed E-state index contributed by atoms with van der Waals surface area (Å²) in [6, 6.07) is 10.2. The normalized spacial score (nSPS) is 14.5. The molecule has 2 aromatic rings. The maximum absolute atomic E-state index is 12.8. The molecule has 1 saturated carbocycles. The van der Waals surface area contributed by atoms with E-state index in [9.17, 15) is 13.2 Å². The van der Waals surface area contributed by atoms with E-state index in [1.54, 1.807) is 24.4 Å². The minimum atomic E-state index is -3.76. The summed E-state index contributed by atoms with van der Waals surface area (Å²) in [5.41, 5.74) is 0.0507. The first kappa shape index (κ1) is 14.5. The molecular weight excluding hydrogens is 304 g/mol. The van der Waals surface area contributed by atoms with E-state index >= 15 is 0 Å². The van der Waals surface area contributed by atoms with Gasteiger partial charge in [-0.25, -0.2) is 22.5 Å². The average molecular weight is 318 g/mol. The number of pyridine rings is 1. The number of carboxylic acids is 1. The Balaban J connectivity index is 2.01. The highest BCUT2D eigenvalue weighted by Crippen LogP contribution is 2.35. The Bertz CT molecular complexity index is 784. The van der Waals surface area contributed by atoms with Crippen LogP contribution < -0.4 is 4.31 Å². The van der Waals surface area contributed by atoms with Crippen LogP contribution in [0.1, 0.15) is 23.2 Å². The second-order valence-corrected chi connectivity index (χ2v) is 6.86. The Labute approximate surface area is 128 Å². The maximum Gasteiger partial charge on any atom is 0.335 e. The molecule has 0 bridgehead atoms. The number of hydrogen-bond acceptors (Lipinski definition) is 4. The molecule has 114 valence electrons. The number of hydrogen-bond donors (Lipinski definition) is 1. The van der Waals surface area contributed by atoms with E-state index < -0.39 is 16.0 Å². The van der Waals surface area contributed by atoms with Crippen LogP contribution in [0.25, 0.3) is 0 Å². The lowest BCUT2D eigenvalue weighted by molar-refractivity contribution is 0.0696. The van der Waals surface area contributed by atoms with E-state index in [2.05, 4.69) is 4.98 Å². The number of carbonyl (C=O) groups is 1. The summed E-state index contributed by atoms with van der Waals surface area (Å²) in [4.78, 5) is 15.1. The molecular formula is C15H14N2O4S. The highest BCUT2D eigenvalue weighted by atomic mass is 32.2. The molecule has 0 spiro atoms. The lowest BCUT2D eigenvalue weighted by Gasteiger charge is -2.23. The van der Waals surface area contributed by atoms with E-state index in [4.69, 9.17) is 5.11 Å². The van der Waals surface area contributed by atoms with Crippen LogP contribution >= 0.6 is 0 Å². The monoisotopic (exact) mass is 318 g/mol. The summed E-state index contributed by atoms with van der Waals surface area (Å²) in [6.07, 6.45) is 3.14. The summed E-state index contributed by atoms with van der Waals surface area (Å²) in [6.45, 7) is 0. The number of rotatable bonds is 5. The SMILES string of the molecule is O=C(O)c1ccc(S(=O)(=O)N(c2ccccn2)C2CC2)cc1. The molecule has 7 heteroatoms. The first-order valence-electron chi connectivity index (χ1n) is 6.79. The largest absolute Gasteiger partial charge is 0.478 e. The Morgan fingerprint density at radius 1 is 1.14 bits per heavy atom. The summed E-state index contributed by atoms with van der Waals surface area (Å²) >= 11 is 0. The van der Waals surface area contributed by atoms with Gasteiger partial charge in [-0.3, -0.25) is 0 Å². The molecule has 1 fully saturated rings. The van der Waals surface area contributed by atoms with Crippen molar-refractivity contribution in [2.24, 2.45) is 0 Å². The minimum Gasteiger partial charge on any atom is -0.478 e. The smallest absolute Gasteiger partial charge is 0.335 e. The number of aromatic nitrogens is 1. The topological polar surface area (TPSA) is 87.6 Å². The number of sulfonamides is 1. The number of benzene rings is 1. The molecule has 0 saturated heterocycles. The molecule has 1 aliphatic carbocycles. The summed E-state index contributed by atoms with van der Waals surface area (Å²) < 4.78 is 27.0. The molecule has 22 heavy (non-hydrogen) atoms. The van der Waals surface area contributed by atoms with Crippen LogP contribution in [0.3, 0.4) is 0 Å². The molecule has 1 N–H and O–H groups in total. The van der Waals surface area contributed by atoms with Crippen LogP contribution in [0, 0.1) is 0 Å². The van der Waals surface area contributed by atoms with Gasteiger partial charge in [0.25, 0.3) is 10.0 Å². The van der Waals surface area contributed by atoms with Crippen molar-refractivity contribution in [2.45, 2.75) is 23.8 Å². The molecule has 3 rings (SSSR count). The van der Waals surface area contributed by atoms with E-state index in [-0.39, 0.29) is 16.5 Å². The third-order valence-corrected chi connectivity index (χ3v) is 5.28. The third kappa shape index (κ3) is 2.67. The maximum atomic E-state index is 12.8. The predicted octanol–water partition coefficient (Wildman–Crippen LogP) is 2.14. The highest BCUT2D eigenvalue weighted by molar-refractivity contribution is 7.92. The van der Waals surface area contributed by atoms with E-state index in [1.807, 2.05) is 0 Å². The Morgan fingerprint density at radius 3 is 2.32 bits per heavy atom. The lowest BCUT2D eigenvalue weighted by Crippen LogP contribution is -2.33. The Hall–Kier alpha value is -2.41. The minimum absolute atomic E-state index is 0.0507. The van der Waals surface area contributed by atoms with Crippen molar-refractivity contribution in [3.63, 3.8) is 0 Å². The Morgan fingerprint density at radius 2 is 1.82 bits per heavy atom. The number of aromatic carboxylic acids is 1. The summed E-state index contributed by atoms with van der Waals surface area (Å²) in [5, 5.41) is 8.89. The van der Waals surface area contributed by atoms with Crippen LogP contribution in [0.4, 0.5) is 5.82 Å². The van der Waals surface area contributed by atoms with Crippen LogP contribution in [0.5, 0.6) is 0 Å². The zero-order valence-electron chi connectivity index (χ0n) is 11.6. The van der Waals surface area contributed by atoms with Gasteiger partial charge < -0.3 is 5.11 Å². The van der Waals surface area contributed by atoms with Crippen molar-refractivity contribution in [1.29, 1.82) is 0 Å². The standard InChI is InChI=1S/C15H14N2O4S/c18-15(19)11-4-8-13(9-5-11)22(20,21)17(12-6-7-12)14-3-1-2-10-16-14/h1-5,8-10,12H,6-7H2,(H,18,19). The molecule has 1 aromatic carbocycles. The first-order valence-corrected chi connectivity index (χ1v) is 8.23. The van der Waals surface area contributed by atoms with Crippen molar-refractivity contribution in [3.8, 4) is 0 Å². The summed E-state index contributed by atoms with van der Waals surface area (Å²) in [5.74, 6) is -0.708. The van der Waals surface area contributed by atoms with Crippen LogP contribution in [-0.4, -0.2) is 30.5 Å². The molecule has 0 atom stereocenters. The van der Waals surface area contributed by atoms with Gasteiger partial charge in [0.05, 0.1) is 10.5 Å². The van der Waals surface area contributed by atoms with Crippen LogP contribution in [0.2, 0.25) is 0 Å². The van der Waals surface area contributed by atoms with Crippen molar-refractivity contribution in [2.75, 3.05) is 4.31 Å². The Kier molecular flexibility index (Phi) is 3.58. The molecule has 6 nitrogen and oxygen atoms in total. The van der Waals surface area contributed by atoms with Gasteiger partial charge in [-0.1, -0.05) is 6.07 Å². The van der Waals surface area contributed by atoms with Gasteiger partial charge in [-0.2, -0.15) is 0 Å². The zero-order valence-corrected chi connectivity index (χ0v) is 12.4. The molecule has 1 aromatic heterocycles. The van der Waals surface area contributed by atoms with Gasteiger partial charge in [-0.15, -0.1) is 0 Å². The second-order valence-electron chi connectivity index (χ2n) is 5.05. The average Bonchev–Trinajstić information content (AvgIpc) is 3.33. The quantitative estimate of drug-likeness (QED) is 0.912. The number of anilines is 1. The van der Waals surface area contributed by atoms with Gasteiger partial charge in [0.15, 0.2) is 0 Å². The molecule has 0 unspecified atom stereocenters. The van der Waals surface area contributed by atoms with Crippen molar-refractivity contribution in [1.82, 2.24) is 4.98 Å². The molecule has 1 heterocycles. The van der Waals surface area contributed by atoms with Gasteiger partial charge >= 0.3 is 5.97 Å². The van der Waals surface area contributed by atoms with Gasteiger partial charge in [0, 0.05) is 12.2 Å². The van der Waals surface area contributed by atoms with Crippen LogP contribution in [0.15, 0.2) is 53.6 Å². The predicted molar refractivity (Wildman–Crippen MR) is 80.3 cm³/mol. The van der Waals surface area contributed by atoms with E-state index in [0.29, 0.717) is 5.82 Å². The van der Waals surface area contributed by atoms with Crippen molar-refractivity contribution in [3.05, 3.63) is 54.2 Å². The molecule has 0 radical (unpaired) electrons. The third-order valence-electron chi connectivity index (χ3n) is 3.41. The van der Waals surface area contributed by atoms with Crippen molar-refractivity contribution < 1.29 is 18.3 Å². The number of carboxylic acid groups (broad SMARTS) is 1. The molecule has 0 aliphatic heterocycles. The van der Waals surface area contributed by atoms with E-state index in [0.717, 1.165) is 12.8 Å². The zero-order chi connectivity index (χ0) is 15.7. The van der Waals surface area contributed by atoms with Gasteiger partial charge in [0.1, 0.15) is 5.82 Å². The fourth-order valence-corrected chi connectivity index (χ4v) is 3.85. The van der Waals surface area contributed by atoms with Gasteiger partial charge in [-0.05, 0) is 49.2 Å². The molecule has 1 aliphatic rings. The first-order chi connectivity index (χ1) is 10.5. The second kappa shape index (κ2) is 5.42. The number of nitrogens with zero attached hydrogens (tertiary/aromatic N) is 2.